The number of anilines is 1. The minimum absolute atomic E-state index is 0.189. The Kier molecular flexibility index (Phi) is 8.79. The van der Waals surface area contributed by atoms with Crippen molar-refractivity contribution < 1.29 is 4.79 Å². The van der Waals surface area contributed by atoms with Crippen LogP contribution < -0.4 is 5.32 Å². The predicted molar refractivity (Wildman–Crippen MR) is 140 cm³/mol. The molecule has 6 nitrogen and oxygen atoms in total. The van der Waals surface area contributed by atoms with Crippen LogP contribution in [0.15, 0.2) is 59.1 Å². The molecule has 3 aromatic rings. The van der Waals surface area contributed by atoms with Gasteiger partial charge in [0.15, 0.2) is 0 Å². The molecule has 1 saturated heterocycles. The van der Waals surface area contributed by atoms with E-state index in [2.05, 4.69) is 15.4 Å². The third-order valence-electron chi connectivity index (χ3n) is 6.25. The summed E-state index contributed by atoms with van der Waals surface area (Å²) in [5.74, 6) is 0.217. The van der Waals surface area contributed by atoms with Gasteiger partial charge in [0, 0.05) is 27.6 Å². The second-order valence-corrected chi connectivity index (χ2v) is 9.93. The zero-order valence-corrected chi connectivity index (χ0v) is 20.7. The van der Waals surface area contributed by atoms with E-state index in [1.54, 1.807) is 11.3 Å². The SMILES string of the molecule is O=NCCCCCN1CCC(c2nc(C(=O)Nc3ccccc3-c3ccc(Cl)cc3)cs2)CC1. The van der Waals surface area contributed by atoms with Gasteiger partial charge in [-0.25, -0.2) is 4.98 Å². The number of rotatable bonds is 10. The molecule has 0 unspecified atom stereocenters. The standard InChI is InChI=1S/C26H29ClN4O2S/c27-21-10-8-19(9-11-21)22-6-2-3-7-23(22)29-25(32)24-18-34-26(30-24)20-12-16-31(17-13-20)15-5-1-4-14-28-33/h2-3,6-11,18,20H,1,4-5,12-17H2,(H,29,32). The number of carbonyl (C=O) groups is 1. The summed E-state index contributed by atoms with van der Waals surface area (Å²) in [4.78, 5) is 30.3. The van der Waals surface area contributed by atoms with E-state index >= 15 is 0 Å². The normalized spacial score (nSPS) is 14.7. The van der Waals surface area contributed by atoms with Crippen molar-refractivity contribution in [1.82, 2.24) is 9.88 Å². The van der Waals surface area contributed by atoms with Crippen molar-refractivity contribution in [2.24, 2.45) is 5.18 Å². The summed E-state index contributed by atoms with van der Waals surface area (Å²) < 4.78 is 0. The molecule has 4 rings (SSSR count). The first-order valence-corrected chi connectivity index (χ1v) is 13.0. The van der Waals surface area contributed by atoms with Crippen LogP contribution in [0.2, 0.25) is 5.02 Å². The van der Waals surface area contributed by atoms with E-state index in [9.17, 15) is 9.70 Å². The Morgan fingerprint density at radius 3 is 2.62 bits per heavy atom. The van der Waals surface area contributed by atoms with Crippen molar-refractivity contribution in [3.05, 3.63) is 74.5 Å². The first-order valence-electron chi connectivity index (χ1n) is 11.8. The number of benzene rings is 2. The fourth-order valence-corrected chi connectivity index (χ4v) is 5.43. The Balaban J connectivity index is 1.32. The lowest BCUT2D eigenvalue weighted by Gasteiger charge is -2.31. The van der Waals surface area contributed by atoms with Crippen LogP contribution in [0.3, 0.4) is 0 Å². The van der Waals surface area contributed by atoms with Gasteiger partial charge in [0.25, 0.3) is 5.91 Å². The summed E-state index contributed by atoms with van der Waals surface area (Å²) in [6.45, 7) is 3.59. The van der Waals surface area contributed by atoms with E-state index in [4.69, 9.17) is 16.6 Å². The number of likely N-dealkylation sites (tertiary alicyclic amines) is 1. The van der Waals surface area contributed by atoms with Crippen molar-refractivity contribution in [3.63, 3.8) is 0 Å². The molecule has 1 aromatic heterocycles. The zero-order valence-electron chi connectivity index (χ0n) is 19.1. The average molecular weight is 497 g/mol. The largest absolute Gasteiger partial charge is 0.320 e. The van der Waals surface area contributed by atoms with Crippen LogP contribution in [-0.4, -0.2) is 42.0 Å². The molecule has 8 heteroatoms. The molecule has 2 aromatic carbocycles. The van der Waals surface area contributed by atoms with Crippen LogP contribution in [0.25, 0.3) is 11.1 Å². The molecule has 0 radical (unpaired) electrons. The van der Waals surface area contributed by atoms with Gasteiger partial charge in [0.05, 0.1) is 11.6 Å². The lowest BCUT2D eigenvalue weighted by Crippen LogP contribution is -2.33. The Morgan fingerprint density at radius 2 is 1.85 bits per heavy atom. The molecule has 0 spiro atoms. The molecule has 1 fully saturated rings. The van der Waals surface area contributed by atoms with Gasteiger partial charge in [0.1, 0.15) is 5.69 Å². The van der Waals surface area contributed by atoms with Gasteiger partial charge in [-0.1, -0.05) is 53.5 Å². The highest BCUT2D eigenvalue weighted by Gasteiger charge is 2.24. The molecule has 2 heterocycles. The molecule has 0 aliphatic carbocycles. The van der Waals surface area contributed by atoms with Gasteiger partial charge in [-0.05, 0) is 69.1 Å². The zero-order chi connectivity index (χ0) is 23.8. The Labute approximate surface area is 209 Å². The molecule has 1 N–H and O–H groups in total. The van der Waals surface area contributed by atoms with Crippen LogP contribution in [0.1, 0.15) is 53.5 Å². The topological polar surface area (TPSA) is 74.7 Å². The molecule has 0 saturated carbocycles. The summed E-state index contributed by atoms with van der Waals surface area (Å²) in [5, 5.41) is 9.55. The molecular formula is C26H29ClN4O2S. The van der Waals surface area contributed by atoms with Gasteiger partial charge in [-0.15, -0.1) is 11.3 Å². The lowest BCUT2D eigenvalue weighted by molar-refractivity contribution is 0.102. The highest BCUT2D eigenvalue weighted by Crippen LogP contribution is 2.32. The highest BCUT2D eigenvalue weighted by atomic mass is 35.5. The van der Waals surface area contributed by atoms with Gasteiger partial charge < -0.3 is 10.2 Å². The number of nitrogens with one attached hydrogen (secondary N) is 1. The van der Waals surface area contributed by atoms with Gasteiger partial charge in [0.2, 0.25) is 0 Å². The number of nitrogens with zero attached hydrogens (tertiary/aromatic N) is 3. The highest BCUT2D eigenvalue weighted by molar-refractivity contribution is 7.10. The minimum Gasteiger partial charge on any atom is -0.320 e. The number of thiazole rings is 1. The van der Waals surface area contributed by atoms with Crippen molar-refractivity contribution in [1.29, 1.82) is 0 Å². The summed E-state index contributed by atoms with van der Waals surface area (Å²) in [7, 11) is 0. The maximum Gasteiger partial charge on any atom is 0.275 e. The number of piperidine rings is 1. The van der Waals surface area contributed by atoms with E-state index < -0.39 is 0 Å². The number of hydrogen-bond acceptors (Lipinski definition) is 6. The fraction of sp³-hybridized carbons (Fsp3) is 0.385. The number of halogens is 1. The smallest absolute Gasteiger partial charge is 0.275 e. The molecule has 178 valence electrons. The number of amides is 1. The molecule has 0 atom stereocenters. The van der Waals surface area contributed by atoms with E-state index in [1.807, 2.05) is 53.9 Å². The lowest BCUT2D eigenvalue weighted by atomic mass is 9.97. The molecule has 1 aliphatic rings. The maximum absolute atomic E-state index is 13.0. The van der Waals surface area contributed by atoms with Gasteiger partial charge in [-0.3, -0.25) is 4.79 Å². The van der Waals surface area contributed by atoms with Gasteiger partial charge in [-0.2, -0.15) is 4.91 Å². The summed E-state index contributed by atoms with van der Waals surface area (Å²) in [5.41, 5.74) is 3.16. The summed E-state index contributed by atoms with van der Waals surface area (Å²) in [6.07, 6.45) is 5.17. The summed E-state index contributed by atoms with van der Waals surface area (Å²) in [6, 6.07) is 15.3. The van der Waals surface area contributed by atoms with Crippen molar-refractivity contribution in [2.75, 3.05) is 31.5 Å². The molecular weight excluding hydrogens is 468 g/mol. The minimum atomic E-state index is -0.189. The second kappa shape index (κ2) is 12.2. The Hall–Kier alpha value is -2.61. The van der Waals surface area contributed by atoms with Crippen LogP contribution in [0.4, 0.5) is 5.69 Å². The first-order chi connectivity index (χ1) is 16.6. The number of carbonyl (C=O) groups excluding carboxylic acids is 1. The van der Waals surface area contributed by atoms with E-state index in [1.165, 1.54) is 0 Å². The van der Waals surface area contributed by atoms with Crippen molar-refractivity contribution >= 4 is 34.5 Å². The Bertz CT molecular complexity index is 1090. The number of hydrogen-bond donors (Lipinski definition) is 1. The van der Waals surface area contributed by atoms with Crippen LogP contribution in [-0.2, 0) is 0 Å². The number of aromatic nitrogens is 1. The Morgan fingerprint density at radius 1 is 1.09 bits per heavy atom. The predicted octanol–water partition coefficient (Wildman–Crippen LogP) is 6.83. The number of para-hydroxylation sites is 1. The molecule has 1 aliphatic heterocycles. The van der Waals surface area contributed by atoms with E-state index in [0.29, 0.717) is 23.2 Å². The van der Waals surface area contributed by atoms with E-state index in [0.717, 1.165) is 73.6 Å². The monoisotopic (exact) mass is 496 g/mol. The van der Waals surface area contributed by atoms with Crippen LogP contribution in [0.5, 0.6) is 0 Å². The van der Waals surface area contributed by atoms with Crippen molar-refractivity contribution in [3.8, 4) is 11.1 Å². The molecule has 34 heavy (non-hydrogen) atoms. The maximum atomic E-state index is 13.0. The van der Waals surface area contributed by atoms with Gasteiger partial charge >= 0.3 is 0 Å². The van der Waals surface area contributed by atoms with Crippen LogP contribution in [0, 0.1) is 4.91 Å². The third-order valence-corrected chi connectivity index (χ3v) is 7.50. The second-order valence-electron chi connectivity index (χ2n) is 8.61. The third kappa shape index (κ3) is 6.50. The van der Waals surface area contributed by atoms with Crippen molar-refractivity contribution in [2.45, 2.75) is 38.0 Å². The number of nitroso groups, excluding NO2 is 1. The molecule has 1 amide bonds. The van der Waals surface area contributed by atoms with E-state index in [-0.39, 0.29) is 5.91 Å². The average Bonchev–Trinajstić information content (AvgIpc) is 3.36. The quantitative estimate of drug-likeness (QED) is 0.246. The first kappa shape index (κ1) is 24.5. The summed E-state index contributed by atoms with van der Waals surface area (Å²) >= 11 is 7.60. The fourth-order valence-electron chi connectivity index (χ4n) is 4.33. The number of unbranched alkanes of at least 4 members (excludes halogenated alkanes) is 2. The molecule has 0 bridgehead atoms. The van der Waals surface area contributed by atoms with Crippen LogP contribution >= 0.6 is 22.9 Å².